The van der Waals surface area contributed by atoms with Crippen LogP contribution in [-0.4, -0.2) is 39.3 Å². The Hall–Kier alpha value is -3.30. The van der Waals surface area contributed by atoms with Crippen molar-refractivity contribution in [1.82, 2.24) is 24.9 Å². The predicted octanol–water partition coefficient (Wildman–Crippen LogP) is 2.93. The third-order valence-corrected chi connectivity index (χ3v) is 5.43. The number of hydrogen-bond donors (Lipinski definition) is 1. The first-order valence-electron chi connectivity index (χ1n) is 9.01. The number of fused-ring (bicyclic) bond motifs is 3. The number of nitrogens with zero attached hydrogens (tertiary/aromatic N) is 5. The molecule has 29 heavy (non-hydrogen) atoms. The van der Waals surface area contributed by atoms with E-state index in [-0.39, 0.29) is 11.6 Å². The van der Waals surface area contributed by atoms with Crippen LogP contribution in [0.15, 0.2) is 37.3 Å². The SMILES string of the molecule is C=C1NC(F)(F)COc2ncc(F)cc2C2(CC2)N(C)c2ccn3ncc1c3n2. The van der Waals surface area contributed by atoms with Gasteiger partial charge >= 0.3 is 6.05 Å². The summed E-state index contributed by atoms with van der Waals surface area (Å²) in [5.41, 5.74) is 0.490. The summed E-state index contributed by atoms with van der Waals surface area (Å²) in [6, 6.07) is -0.382. The largest absolute Gasteiger partial charge is 0.469 e. The fourth-order valence-electron chi connectivity index (χ4n) is 3.74. The normalized spacial score (nSPS) is 19.7. The molecular weight excluding hydrogens is 385 g/mol. The van der Waals surface area contributed by atoms with E-state index in [1.54, 1.807) is 12.3 Å². The minimum atomic E-state index is -3.44. The van der Waals surface area contributed by atoms with Crippen LogP contribution in [0.1, 0.15) is 24.0 Å². The van der Waals surface area contributed by atoms with Crippen molar-refractivity contribution in [2.24, 2.45) is 0 Å². The molecule has 7 nitrogen and oxygen atoms in total. The van der Waals surface area contributed by atoms with Crippen LogP contribution in [0.2, 0.25) is 0 Å². The zero-order chi connectivity index (χ0) is 20.4. The van der Waals surface area contributed by atoms with E-state index in [1.807, 2.05) is 11.9 Å². The van der Waals surface area contributed by atoms with Crippen LogP contribution >= 0.6 is 0 Å². The van der Waals surface area contributed by atoms with Crippen molar-refractivity contribution in [3.63, 3.8) is 0 Å². The Balaban J connectivity index is 1.72. The highest BCUT2D eigenvalue weighted by Crippen LogP contribution is 2.54. The standard InChI is InChI=1S/C19H17F3N6O/c1-11-13-9-24-28-6-3-15(25-16(13)28)27(2)18(4-5-18)14-7-12(20)8-23-17(14)29-10-19(21,22)26-11/h3,6-9,26H,1,4-5,10H2,2H3. The van der Waals surface area contributed by atoms with E-state index in [2.05, 4.69) is 27.0 Å². The summed E-state index contributed by atoms with van der Waals surface area (Å²) in [6.07, 6.45) is 5.45. The molecule has 3 aromatic heterocycles. The first kappa shape index (κ1) is 17.8. The van der Waals surface area contributed by atoms with Crippen LogP contribution < -0.4 is 15.0 Å². The van der Waals surface area contributed by atoms with Crippen molar-refractivity contribution in [3.8, 4) is 5.88 Å². The molecule has 1 aliphatic carbocycles. The minimum absolute atomic E-state index is 0.0221. The second-order valence-electron chi connectivity index (χ2n) is 7.31. The summed E-state index contributed by atoms with van der Waals surface area (Å²) >= 11 is 0. The number of anilines is 1. The summed E-state index contributed by atoms with van der Waals surface area (Å²) in [5.74, 6) is 0.00743. The molecule has 1 saturated carbocycles. The van der Waals surface area contributed by atoms with Gasteiger partial charge in [0.05, 0.1) is 23.5 Å². The summed E-state index contributed by atoms with van der Waals surface area (Å²) < 4.78 is 49.9. The fourth-order valence-corrected chi connectivity index (χ4v) is 3.74. The highest BCUT2D eigenvalue weighted by molar-refractivity contribution is 5.74. The second kappa shape index (κ2) is 5.85. The van der Waals surface area contributed by atoms with Crippen molar-refractivity contribution in [2.75, 3.05) is 18.6 Å². The minimum Gasteiger partial charge on any atom is -0.469 e. The van der Waals surface area contributed by atoms with Gasteiger partial charge in [-0.25, -0.2) is 18.9 Å². The van der Waals surface area contributed by atoms with Crippen LogP contribution in [0.3, 0.4) is 0 Å². The average molecular weight is 402 g/mol. The lowest BCUT2D eigenvalue weighted by Crippen LogP contribution is -2.41. The van der Waals surface area contributed by atoms with Gasteiger partial charge in [-0.05, 0) is 25.0 Å². The Kier molecular flexibility index (Phi) is 3.59. The zero-order valence-electron chi connectivity index (χ0n) is 15.5. The van der Waals surface area contributed by atoms with E-state index < -0.39 is 24.0 Å². The molecule has 1 aliphatic heterocycles. The molecule has 0 radical (unpaired) electrons. The number of alkyl halides is 2. The quantitative estimate of drug-likeness (QED) is 0.584. The van der Waals surface area contributed by atoms with Crippen molar-refractivity contribution >= 4 is 17.2 Å². The van der Waals surface area contributed by atoms with Gasteiger partial charge in [-0.15, -0.1) is 0 Å². The van der Waals surface area contributed by atoms with E-state index in [4.69, 9.17) is 4.74 Å². The van der Waals surface area contributed by atoms with Crippen molar-refractivity contribution in [3.05, 3.63) is 54.2 Å². The number of rotatable bonds is 0. The van der Waals surface area contributed by atoms with Crippen LogP contribution in [0.25, 0.3) is 11.3 Å². The molecule has 0 atom stereocenters. The van der Waals surface area contributed by atoms with Crippen molar-refractivity contribution in [2.45, 2.75) is 24.4 Å². The third kappa shape index (κ3) is 2.78. The number of halogens is 3. The molecule has 1 N–H and O–H groups in total. The van der Waals surface area contributed by atoms with Crippen LogP contribution in [0.4, 0.5) is 19.0 Å². The Bertz CT molecular complexity index is 1140. The molecule has 4 heterocycles. The first-order valence-corrected chi connectivity index (χ1v) is 9.01. The highest BCUT2D eigenvalue weighted by atomic mass is 19.3. The number of aromatic nitrogens is 4. The molecule has 1 fully saturated rings. The Morgan fingerprint density at radius 1 is 1.28 bits per heavy atom. The van der Waals surface area contributed by atoms with E-state index in [0.717, 1.165) is 6.20 Å². The van der Waals surface area contributed by atoms with E-state index >= 15 is 0 Å². The maximum absolute atomic E-state index is 14.5. The molecule has 3 aromatic rings. The van der Waals surface area contributed by atoms with Gasteiger partial charge in [0.2, 0.25) is 5.88 Å². The monoisotopic (exact) mass is 402 g/mol. The molecule has 0 aromatic carbocycles. The van der Waals surface area contributed by atoms with Crippen molar-refractivity contribution < 1.29 is 17.9 Å². The van der Waals surface area contributed by atoms with Gasteiger partial charge in [0.25, 0.3) is 0 Å². The summed E-state index contributed by atoms with van der Waals surface area (Å²) in [4.78, 5) is 10.5. The lowest BCUT2D eigenvalue weighted by Gasteiger charge is -2.30. The summed E-state index contributed by atoms with van der Waals surface area (Å²) in [5, 5.41) is 6.23. The van der Waals surface area contributed by atoms with E-state index in [1.165, 1.54) is 16.8 Å². The number of pyridine rings is 1. The number of hydrogen-bond acceptors (Lipinski definition) is 6. The fraction of sp³-hybridized carbons (Fsp3) is 0.316. The zero-order valence-corrected chi connectivity index (χ0v) is 15.5. The molecule has 150 valence electrons. The number of ether oxygens (including phenoxy) is 1. The van der Waals surface area contributed by atoms with Gasteiger partial charge in [-0.3, -0.25) is 0 Å². The third-order valence-electron chi connectivity index (χ3n) is 5.43. The second-order valence-corrected chi connectivity index (χ2v) is 7.31. The molecule has 0 amide bonds. The molecular formula is C19H17F3N6O. The smallest absolute Gasteiger partial charge is 0.357 e. The molecule has 10 heteroatoms. The van der Waals surface area contributed by atoms with Gasteiger partial charge in [0.1, 0.15) is 11.6 Å². The Morgan fingerprint density at radius 2 is 2.07 bits per heavy atom. The maximum atomic E-state index is 14.5. The van der Waals surface area contributed by atoms with Gasteiger partial charge in [0, 0.05) is 24.5 Å². The van der Waals surface area contributed by atoms with Gasteiger partial charge in [-0.2, -0.15) is 13.9 Å². The summed E-state index contributed by atoms with van der Waals surface area (Å²) in [6.45, 7) is 2.72. The molecule has 2 bridgehead atoms. The van der Waals surface area contributed by atoms with Crippen LogP contribution in [0, 0.1) is 5.82 Å². The molecule has 0 saturated heterocycles. The molecule has 1 spiro atoms. The van der Waals surface area contributed by atoms with E-state index in [9.17, 15) is 13.2 Å². The maximum Gasteiger partial charge on any atom is 0.357 e. The number of nitrogens with one attached hydrogen (secondary N) is 1. The van der Waals surface area contributed by atoms with Gasteiger partial charge < -0.3 is 15.0 Å². The lowest BCUT2D eigenvalue weighted by atomic mass is 10.0. The van der Waals surface area contributed by atoms with Gasteiger partial charge in [0.15, 0.2) is 12.3 Å². The summed E-state index contributed by atoms with van der Waals surface area (Å²) in [7, 11) is 1.83. The topological polar surface area (TPSA) is 67.6 Å². The average Bonchev–Trinajstić information content (AvgIpc) is 3.38. The van der Waals surface area contributed by atoms with Crippen molar-refractivity contribution in [1.29, 1.82) is 0 Å². The lowest BCUT2D eigenvalue weighted by molar-refractivity contribution is -0.0580. The van der Waals surface area contributed by atoms with Gasteiger partial charge in [-0.1, -0.05) is 6.58 Å². The predicted molar refractivity (Wildman–Crippen MR) is 99.1 cm³/mol. The molecule has 5 rings (SSSR count). The molecule has 2 aliphatic rings. The van der Waals surface area contributed by atoms with Crippen LogP contribution in [-0.2, 0) is 5.54 Å². The first-order chi connectivity index (χ1) is 13.8. The Labute approximate surface area is 163 Å². The Morgan fingerprint density at radius 3 is 2.83 bits per heavy atom. The molecule has 0 unspecified atom stereocenters. The van der Waals surface area contributed by atoms with Crippen LogP contribution in [0.5, 0.6) is 5.88 Å². The highest BCUT2D eigenvalue weighted by Gasteiger charge is 2.51. The van der Waals surface area contributed by atoms with E-state index in [0.29, 0.717) is 35.4 Å².